The van der Waals surface area contributed by atoms with Crippen LogP contribution in [0.2, 0.25) is 10.3 Å². The molecule has 1 aromatic heterocycles. The number of nitrogens with zero attached hydrogens (tertiary/aromatic N) is 2. The van der Waals surface area contributed by atoms with Gasteiger partial charge in [0, 0.05) is 6.07 Å². The number of aromatic nitrogens is 2. The first-order valence-corrected chi connectivity index (χ1v) is 5.88. The lowest BCUT2D eigenvalue weighted by Gasteiger charge is -2.08. The summed E-state index contributed by atoms with van der Waals surface area (Å²) in [5, 5.41) is 0.623. The summed E-state index contributed by atoms with van der Waals surface area (Å²) >= 11 is 11.7. The van der Waals surface area contributed by atoms with Gasteiger partial charge in [-0.15, -0.1) is 0 Å². The minimum absolute atomic E-state index is 0.311. The summed E-state index contributed by atoms with van der Waals surface area (Å²) < 4.78 is 5.50. The Morgan fingerprint density at radius 3 is 2.41 bits per heavy atom. The monoisotopic (exact) mass is 268 g/mol. The molecule has 0 aliphatic rings. The number of para-hydroxylation sites is 1. The Morgan fingerprint density at radius 1 is 1.12 bits per heavy atom. The third kappa shape index (κ3) is 2.87. The SMILES string of the molecule is CCOc1ccccc1-c1nc(Cl)cc(Cl)n1. The molecule has 0 amide bonds. The minimum atomic E-state index is 0.311. The smallest absolute Gasteiger partial charge is 0.166 e. The lowest BCUT2D eigenvalue weighted by atomic mass is 10.2. The van der Waals surface area contributed by atoms with Crippen LogP contribution in [-0.4, -0.2) is 16.6 Å². The van der Waals surface area contributed by atoms with Gasteiger partial charge in [0.05, 0.1) is 12.2 Å². The largest absolute Gasteiger partial charge is 0.493 e. The molecule has 3 nitrogen and oxygen atoms in total. The fourth-order valence-corrected chi connectivity index (χ4v) is 1.87. The van der Waals surface area contributed by atoms with Gasteiger partial charge in [0.1, 0.15) is 16.1 Å². The Labute approximate surface area is 109 Å². The highest BCUT2D eigenvalue weighted by Gasteiger charge is 2.10. The van der Waals surface area contributed by atoms with Gasteiger partial charge in [-0.05, 0) is 19.1 Å². The maximum atomic E-state index is 5.85. The fraction of sp³-hybridized carbons (Fsp3) is 0.167. The summed E-state index contributed by atoms with van der Waals surface area (Å²) in [6.45, 7) is 2.49. The van der Waals surface area contributed by atoms with Crippen molar-refractivity contribution in [3.8, 4) is 17.1 Å². The number of hydrogen-bond donors (Lipinski definition) is 0. The molecule has 5 heteroatoms. The number of hydrogen-bond acceptors (Lipinski definition) is 3. The maximum absolute atomic E-state index is 5.85. The van der Waals surface area contributed by atoms with Crippen LogP contribution in [0.3, 0.4) is 0 Å². The number of rotatable bonds is 3. The Bertz CT molecular complexity index is 511. The van der Waals surface area contributed by atoms with Crippen molar-refractivity contribution in [1.82, 2.24) is 9.97 Å². The van der Waals surface area contributed by atoms with Gasteiger partial charge in [-0.1, -0.05) is 35.3 Å². The number of benzene rings is 1. The van der Waals surface area contributed by atoms with E-state index < -0.39 is 0 Å². The van der Waals surface area contributed by atoms with E-state index in [1.54, 1.807) is 0 Å². The second kappa shape index (κ2) is 5.34. The van der Waals surface area contributed by atoms with Crippen molar-refractivity contribution in [2.75, 3.05) is 6.61 Å². The Kier molecular flexibility index (Phi) is 3.82. The normalized spacial score (nSPS) is 10.3. The summed E-state index contributed by atoms with van der Waals surface area (Å²) in [4.78, 5) is 8.27. The third-order valence-corrected chi connectivity index (χ3v) is 2.48. The van der Waals surface area contributed by atoms with Crippen LogP contribution in [0.4, 0.5) is 0 Å². The van der Waals surface area contributed by atoms with Crippen LogP contribution in [0.15, 0.2) is 30.3 Å². The maximum Gasteiger partial charge on any atom is 0.166 e. The zero-order valence-electron chi connectivity index (χ0n) is 9.15. The van der Waals surface area contributed by atoms with E-state index in [1.165, 1.54) is 6.07 Å². The first-order chi connectivity index (χ1) is 8.20. The highest BCUT2D eigenvalue weighted by Crippen LogP contribution is 2.28. The molecular weight excluding hydrogens is 259 g/mol. The van der Waals surface area contributed by atoms with E-state index in [2.05, 4.69) is 9.97 Å². The molecule has 2 aromatic rings. The van der Waals surface area contributed by atoms with Crippen LogP contribution in [0, 0.1) is 0 Å². The molecule has 0 atom stereocenters. The average molecular weight is 269 g/mol. The molecule has 0 N–H and O–H groups in total. The molecule has 0 aliphatic carbocycles. The van der Waals surface area contributed by atoms with Crippen LogP contribution in [0.1, 0.15) is 6.92 Å². The van der Waals surface area contributed by atoms with Crippen molar-refractivity contribution in [1.29, 1.82) is 0 Å². The summed E-state index contributed by atoms with van der Waals surface area (Å²) in [6.07, 6.45) is 0. The first-order valence-electron chi connectivity index (χ1n) is 5.13. The number of halogens is 2. The molecule has 0 aliphatic heterocycles. The highest BCUT2D eigenvalue weighted by molar-refractivity contribution is 6.33. The van der Waals surface area contributed by atoms with Crippen LogP contribution >= 0.6 is 23.2 Å². The molecule has 0 radical (unpaired) electrons. The topological polar surface area (TPSA) is 35.0 Å². The predicted molar refractivity (Wildman–Crippen MR) is 68.7 cm³/mol. The average Bonchev–Trinajstić information content (AvgIpc) is 2.29. The van der Waals surface area contributed by atoms with Crippen molar-refractivity contribution in [3.05, 3.63) is 40.6 Å². The van der Waals surface area contributed by atoms with E-state index >= 15 is 0 Å². The minimum Gasteiger partial charge on any atom is -0.493 e. The van der Waals surface area contributed by atoms with E-state index in [1.807, 2.05) is 31.2 Å². The molecular formula is C12H10Cl2N2O. The van der Waals surface area contributed by atoms with E-state index in [-0.39, 0.29) is 0 Å². The van der Waals surface area contributed by atoms with Crippen LogP contribution in [-0.2, 0) is 0 Å². The molecule has 0 bridgehead atoms. The Hall–Kier alpha value is -1.32. The van der Waals surface area contributed by atoms with E-state index in [0.717, 1.165) is 5.56 Å². The first kappa shape index (κ1) is 12.1. The van der Waals surface area contributed by atoms with Crippen LogP contribution in [0.5, 0.6) is 5.75 Å². The Balaban J connectivity index is 2.51. The van der Waals surface area contributed by atoms with Crippen molar-refractivity contribution in [2.24, 2.45) is 0 Å². The fourth-order valence-electron chi connectivity index (χ4n) is 1.44. The van der Waals surface area contributed by atoms with Gasteiger partial charge in [-0.25, -0.2) is 9.97 Å². The lowest BCUT2D eigenvalue weighted by molar-refractivity contribution is 0.341. The van der Waals surface area contributed by atoms with Crippen molar-refractivity contribution in [2.45, 2.75) is 6.92 Å². The molecule has 0 fully saturated rings. The van der Waals surface area contributed by atoms with Gasteiger partial charge >= 0.3 is 0 Å². The van der Waals surface area contributed by atoms with Crippen molar-refractivity contribution >= 4 is 23.2 Å². The molecule has 2 rings (SSSR count). The summed E-state index contributed by atoms with van der Waals surface area (Å²) in [5.41, 5.74) is 0.777. The summed E-state index contributed by atoms with van der Waals surface area (Å²) in [6, 6.07) is 9.00. The van der Waals surface area contributed by atoms with E-state index in [9.17, 15) is 0 Å². The van der Waals surface area contributed by atoms with Gasteiger partial charge in [-0.2, -0.15) is 0 Å². The third-order valence-electron chi connectivity index (χ3n) is 2.09. The predicted octanol–water partition coefficient (Wildman–Crippen LogP) is 3.85. The van der Waals surface area contributed by atoms with Crippen LogP contribution in [0.25, 0.3) is 11.4 Å². The summed E-state index contributed by atoms with van der Waals surface area (Å²) in [5.74, 6) is 1.18. The zero-order valence-corrected chi connectivity index (χ0v) is 10.7. The second-order valence-corrected chi connectivity index (χ2v) is 4.04. The molecule has 0 saturated carbocycles. The van der Waals surface area contributed by atoms with E-state index in [4.69, 9.17) is 27.9 Å². The van der Waals surface area contributed by atoms with Gasteiger partial charge < -0.3 is 4.74 Å². The second-order valence-electron chi connectivity index (χ2n) is 3.27. The van der Waals surface area contributed by atoms with Gasteiger partial charge in [0.15, 0.2) is 5.82 Å². The number of ether oxygens (including phenoxy) is 1. The van der Waals surface area contributed by atoms with Gasteiger partial charge in [0.25, 0.3) is 0 Å². The van der Waals surface area contributed by atoms with E-state index in [0.29, 0.717) is 28.5 Å². The Morgan fingerprint density at radius 2 is 1.76 bits per heavy atom. The standard InChI is InChI=1S/C12H10Cl2N2O/c1-2-17-9-6-4-3-5-8(9)12-15-10(13)7-11(14)16-12/h3-7H,2H2,1H3. The molecule has 0 unspecified atom stereocenters. The molecule has 17 heavy (non-hydrogen) atoms. The molecule has 0 spiro atoms. The zero-order chi connectivity index (χ0) is 12.3. The highest BCUT2D eigenvalue weighted by atomic mass is 35.5. The lowest BCUT2D eigenvalue weighted by Crippen LogP contribution is -1.96. The molecule has 88 valence electrons. The van der Waals surface area contributed by atoms with Gasteiger partial charge in [-0.3, -0.25) is 0 Å². The molecule has 0 saturated heterocycles. The van der Waals surface area contributed by atoms with Gasteiger partial charge in [0.2, 0.25) is 0 Å². The quantitative estimate of drug-likeness (QED) is 0.794. The summed E-state index contributed by atoms with van der Waals surface area (Å²) in [7, 11) is 0. The van der Waals surface area contributed by atoms with Crippen molar-refractivity contribution < 1.29 is 4.74 Å². The van der Waals surface area contributed by atoms with Crippen LogP contribution < -0.4 is 4.74 Å². The molecule has 1 heterocycles. The molecule has 1 aromatic carbocycles. The van der Waals surface area contributed by atoms with Crippen molar-refractivity contribution in [3.63, 3.8) is 0 Å².